The lowest BCUT2D eigenvalue weighted by Gasteiger charge is -2.10. The van der Waals surface area contributed by atoms with Gasteiger partial charge in [0.1, 0.15) is 19.0 Å². The molecule has 0 saturated carbocycles. The van der Waals surface area contributed by atoms with E-state index >= 15 is 0 Å². The van der Waals surface area contributed by atoms with Crippen molar-refractivity contribution in [1.82, 2.24) is 20.2 Å². The maximum atomic E-state index is 12.6. The summed E-state index contributed by atoms with van der Waals surface area (Å²) < 4.78 is 13.2. The Morgan fingerprint density at radius 2 is 1.85 bits per heavy atom. The molecular weight excluding hydrogens is 412 g/mol. The van der Waals surface area contributed by atoms with Gasteiger partial charge in [-0.2, -0.15) is 4.68 Å². The average Bonchev–Trinajstić information content (AvgIpc) is 3.11. The maximum absolute atomic E-state index is 12.6. The summed E-state index contributed by atoms with van der Waals surface area (Å²) in [5, 5.41) is 11.3. The first-order valence-electron chi connectivity index (χ1n) is 8.21. The summed E-state index contributed by atoms with van der Waals surface area (Å²) >= 11 is 3.36. The van der Waals surface area contributed by atoms with E-state index in [0.717, 1.165) is 10.0 Å². The van der Waals surface area contributed by atoms with Crippen molar-refractivity contribution in [2.24, 2.45) is 0 Å². The SMILES string of the molecule is Cc1nnnn1/C(=C\c1ccccc1)C(=O)OCCOc1ccc(Br)cc1. The van der Waals surface area contributed by atoms with Gasteiger partial charge < -0.3 is 9.47 Å². The minimum atomic E-state index is -0.534. The molecule has 1 aromatic heterocycles. The molecule has 8 heteroatoms. The zero-order chi connectivity index (χ0) is 19.1. The lowest BCUT2D eigenvalue weighted by molar-refractivity contribution is -0.137. The third-order valence-corrected chi connectivity index (χ3v) is 4.09. The topological polar surface area (TPSA) is 79.1 Å². The first-order valence-corrected chi connectivity index (χ1v) is 9.00. The van der Waals surface area contributed by atoms with Gasteiger partial charge in [0.05, 0.1) is 0 Å². The highest BCUT2D eigenvalue weighted by Crippen LogP contribution is 2.16. The summed E-state index contributed by atoms with van der Waals surface area (Å²) in [5.41, 5.74) is 1.07. The van der Waals surface area contributed by atoms with Gasteiger partial charge in [0.25, 0.3) is 0 Å². The predicted octanol–water partition coefficient (Wildman–Crippen LogP) is 3.36. The van der Waals surface area contributed by atoms with Crippen molar-refractivity contribution < 1.29 is 14.3 Å². The van der Waals surface area contributed by atoms with Crippen LogP contribution in [0.2, 0.25) is 0 Å². The Morgan fingerprint density at radius 3 is 2.52 bits per heavy atom. The van der Waals surface area contributed by atoms with E-state index in [1.165, 1.54) is 4.68 Å². The van der Waals surface area contributed by atoms with Gasteiger partial charge in [0.15, 0.2) is 11.5 Å². The number of carbonyl (C=O) groups excluding carboxylic acids is 1. The number of halogens is 1. The minimum absolute atomic E-state index is 0.0994. The van der Waals surface area contributed by atoms with Gasteiger partial charge >= 0.3 is 5.97 Å². The van der Waals surface area contributed by atoms with E-state index in [9.17, 15) is 4.79 Å². The molecule has 0 unspecified atom stereocenters. The molecule has 0 atom stereocenters. The summed E-state index contributed by atoms with van der Waals surface area (Å²) in [6.45, 7) is 2.05. The second-order valence-corrected chi connectivity index (χ2v) is 6.43. The van der Waals surface area contributed by atoms with E-state index in [2.05, 4.69) is 31.5 Å². The lowest BCUT2D eigenvalue weighted by atomic mass is 10.2. The van der Waals surface area contributed by atoms with Crippen LogP contribution in [0.5, 0.6) is 5.75 Å². The molecule has 27 heavy (non-hydrogen) atoms. The summed E-state index contributed by atoms with van der Waals surface area (Å²) in [5.74, 6) is 0.652. The number of nitrogens with zero attached hydrogens (tertiary/aromatic N) is 4. The highest BCUT2D eigenvalue weighted by Gasteiger charge is 2.17. The van der Waals surface area contributed by atoms with E-state index < -0.39 is 5.97 Å². The Labute approximate surface area is 164 Å². The van der Waals surface area contributed by atoms with E-state index in [1.54, 1.807) is 13.0 Å². The quantitative estimate of drug-likeness (QED) is 0.326. The van der Waals surface area contributed by atoms with E-state index in [4.69, 9.17) is 9.47 Å². The number of rotatable bonds is 7. The molecule has 7 nitrogen and oxygen atoms in total. The molecule has 3 aromatic rings. The summed E-state index contributed by atoms with van der Waals surface area (Å²) in [6.07, 6.45) is 1.68. The summed E-state index contributed by atoms with van der Waals surface area (Å²) in [6, 6.07) is 16.8. The van der Waals surface area contributed by atoms with Crippen molar-refractivity contribution >= 4 is 33.7 Å². The Hall–Kier alpha value is -3.00. The highest BCUT2D eigenvalue weighted by atomic mass is 79.9. The maximum Gasteiger partial charge on any atom is 0.357 e. The number of hydrogen-bond acceptors (Lipinski definition) is 6. The molecule has 0 aliphatic carbocycles. The standard InChI is InChI=1S/C19H17BrN4O3/c1-14-21-22-23-24(14)18(13-15-5-3-2-4-6-15)19(25)27-12-11-26-17-9-7-16(20)8-10-17/h2-10,13H,11-12H2,1H3/b18-13-. The number of hydrogen-bond donors (Lipinski definition) is 0. The van der Waals surface area contributed by atoms with Crippen molar-refractivity contribution in [2.45, 2.75) is 6.92 Å². The smallest absolute Gasteiger partial charge is 0.357 e. The molecular formula is C19H17BrN4O3. The number of carbonyl (C=O) groups is 1. The normalized spacial score (nSPS) is 11.3. The fourth-order valence-electron chi connectivity index (χ4n) is 2.27. The molecule has 0 aliphatic rings. The van der Waals surface area contributed by atoms with Crippen molar-refractivity contribution in [3.63, 3.8) is 0 Å². The first kappa shape index (κ1) is 18.8. The van der Waals surface area contributed by atoms with Crippen LogP contribution in [-0.4, -0.2) is 39.4 Å². The van der Waals surface area contributed by atoms with E-state index in [1.807, 2.05) is 54.6 Å². The van der Waals surface area contributed by atoms with Gasteiger partial charge in [-0.25, -0.2) is 4.79 Å². The second-order valence-electron chi connectivity index (χ2n) is 5.52. The van der Waals surface area contributed by atoms with Crippen LogP contribution >= 0.6 is 15.9 Å². The van der Waals surface area contributed by atoms with Crippen molar-refractivity contribution in [3.05, 3.63) is 70.5 Å². The molecule has 3 rings (SSSR count). The lowest BCUT2D eigenvalue weighted by Crippen LogP contribution is -2.18. The predicted molar refractivity (Wildman–Crippen MR) is 104 cm³/mol. The van der Waals surface area contributed by atoms with Gasteiger partial charge in [-0.1, -0.05) is 46.3 Å². The molecule has 0 saturated heterocycles. The number of esters is 1. The molecule has 0 fully saturated rings. The van der Waals surface area contributed by atoms with Crippen LogP contribution in [0.4, 0.5) is 0 Å². The number of aromatic nitrogens is 4. The van der Waals surface area contributed by atoms with Crippen LogP contribution in [0.25, 0.3) is 11.8 Å². The second kappa shape index (κ2) is 9.09. The Kier molecular flexibility index (Phi) is 6.32. The third kappa shape index (κ3) is 5.24. The Balaban J connectivity index is 1.65. The first-order chi connectivity index (χ1) is 13.1. The van der Waals surface area contributed by atoms with E-state index in [-0.39, 0.29) is 18.9 Å². The molecule has 1 heterocycles. The molecule has 138 valence electrons. The highest BCUT2D eigenvalue weighted by molar-refractivity contribution is 9.10. The molecule has 0 N–H and O–H groups in total. The molecule has 0 spiro atoms. The number of ether oxygens (including phenoxy) is 2. The molecule has 0 radical (unpaired) electrons. The number of benzene rings is 2. The Bertz CT molecular complexity index is 924. The summed E-state index contributed by atoms with van der Waals surface area (Å²) in [7, 11) is 0. The minimum Gasteiger partial charge on any atom is -0.490 e. The largest absolute Gasteiger partial charge is 0.490 e. The fraction of sp³-hybridized carbons (Fsp3) is 0.158. The van der Waals surface area contributed by atoms with E-state index in [0.29, 0.717) is 11.6 Å². The van der Waals surface area contributed by atoms with Gasteiger partial charge in [-0.15, -0.1) is 5.10 Å². The summed E-state index contributed by atoms with van der Waals surface area (Å²) in [4.78, 5) is 12.6. The zero-order valence-electron chi connectivity index (χ0n) is 14.6. The molecule has 0 amide bonds. The van der Waals surface area contributed by atoms with Crippen LogP contribution in [0.3, 0.4) is 0 Å². The van der Waals surface area contributed by atoms with Crippen molar-refractivity contribution in [3.8, 4) is 5.75 Å². The monoisotopic (exact) mass is 428 g/mol. The van der Waals surface area contributed by atoms with Crippen molar-refractivity contribution in [2.75, 3.05) is 13.2 Å². The molecule has 0 bridgehead atoms. The van der Waals surface area contributed by atoms with Crippen molar-refractivity contribution in [1.29, 1.82) is 0 Å². The fourth-order valence-corrected chi connectivity index (χ4v) is 2.53. The van der Waals surface area contributed by atoms with Gasteiger partial charge in [0.2, 0.25) is 0 Å². The molecule has 2 aromatic carbocycles. The van der Waals surface area contributed by atoms with Crippen LogP contribution < -0.4 is 4.74 Å². The third-order valence-electron chi connectivity index (χ3n) is 3.56. The van der Waals surface area contributed by atoms with Gasteiger partial charge in [-0.05, 0) is 53.3 Å². The number of tetrazole rings is 1. The van der Waals surface area contributed by atoms with Gasteiger partial charge in [0, 0.05) is 4.47 Å². The van der Waals surface area contributed by atoms with Gasteiger partial charge in [-0.3, -0.25) is 0 Å². The zero-order valence-corrected chi connectivity index (χ0v) is 16.2. The Morgan fingerprint density at radius 1 is 1.11 bits per heavy atom. The van der Waals surface area contributed by atoms with Crippen LogP contribution in [0, 0.1) is 6.92 Å². The van der Waals surface area contributed by atoms with Crippen LogP contribution in [-0.2, 0) is 9.53 Å². The average molecular weight is 429 g/mol. The van der Waals surface area contributed by atoms with Crippen LogP contribution in [0.15, 0.2) is 59.1 Å². The number of aryl methyl sites for hydroxylation is 1. The molecule has 0 aliphatic heterocycles. The van der Waals surface area contributed by atoms with Crippen LogP contribution in [0.1, 0.15) is 11.4 Å².